The average molecular weight is 267 g/mol. The highest BCUT2D eigenvalue weighted by atomic mass is 15.0. The summed E-state index contributed by atoms with van der Waals surface area (Å²) >= 11 is 0. The number of rotatable bonds is 2. The summed E-state index contributed by atoms with van der Waals surface area (Å²) in [5.74, 6) is 0.494. The van der Waals surface area contributed by atoms with Gasteiger partial charge >= 0.3 is 0 Å². The fourth-order valence-electron chi connectivity index (χ4n) is 3.24. The maximum absolute atomic E-state index is 5.77. The summed E-state index contributed by atoms with van der Waals surface area (Å²) in [6.45, 7) is 4.55. The number of nitrogens with two attached hydrogens (primary N) is 1. The molecule has 0 saturated carbocycles. The predicted molar refractivity (Wildman–Crippen MR) is 82.4 cm³/mol. The zero-order chi connectivity index (χ0) is 14.2. The molecule has 3 nitrogen and oxygen atoms in total. The normalized spacial score (nSPS) is 24.7. The molecule has 2 aromatic rings. The van der Waals surface area contributed by atoms with Crippen LogP contribution in [0.3, 0.4) is 0 Å². The van der Waals surface area contributed by atoms with Gasteiger partial charge in [-0.25, -0.2) is 0 Å². The number of hydrogen-bond donors (Lipinski definition) is 2. The van der Waals surface area contributed by atoms with Crippen molar-refractivity contribution in [2.24, 2.45) is 0 Å². The third-order valence-corrected chi connectivity index (χ3v) is 4.34. The van der Waals surface area contributed by atoms with E-state index < -0.39 is 0 Å². The first-order chi connectivity index (χ1) is 9.56. The molecule has 0 bridgehead atoms. The summed E-state index contributed by atoms with van der Waals surface area (Å²) in [5, 5.41) is 3.75. The molecule has 0 amide bonds. The van der Waals surface area contributed by atoms with Gasteiger partial charge in [0.25, 0.3) is 0 Å². The minimum absolute atomic E-state index is 0.0768. The first kappa shape index (κ1) is 13.1. The quantitative estimate of drug-likeness (QED) is 0.821. The Morgan fingerprint density at radius 2 is 1.70 bits per heavy atom. The minimum atomic E-state index is 0.0768. The van der Waals surface area contributed by atoms with Crippen LogP contribution in [0.5, 0.6) is 0 Å². The van der Waals surface area contributed by atoms with Crippen LogP contribution in [-0.4, -0.2) is 10.5 Å². The first-order valence-corrected chi connectivity index (χ1v) is 7.09. The van der Waals surface area contributed by atoms with Crippen LogP contribution < -0.4 is 11.1 Å². The molecule has 2 heterocycles. The van der Waals surface area contributed by atoms with Crippen LogP contribution in [-0.2, 0) is 0 Å². The van der Waals surface area contributed by atoms with E-state index in [0.29, 0.717) is 12.0 Å². The van der Waals surface area contributed by atoms with Gasteiger partial charge in [-0.1, -0.05) is 12.1 Å². The van der Waals surface area contributed by atoms with E-state index in [9.17, 15) is 0 Å². The highest BCUT2D eigenvalue weighted by Gasteiger charge is 2.40. The molecule has 0 radical (unpaired) electrons. The molecule has 1 aliphatic heterocycles. The topological polar surface area (TPSA) is 50.9 Å². The number of nitrogen functional groups attached to an aromatic ring is 1. The molecule has 0 aliphatic carbocycles. The molecule has 1 aromatic heterocycles. The molecule has 1 aromatic carbocycles. The Morgan fingerprint density at radius 1 is 1.05 bits per heavy atom. The fourth-order valence-corrected chi connectivity index (χ4v) is 3.24. The lowest BCUT2D eigenvalue weighted by Crippen LogP contribution is -2.37. The molecule has 2 atom stereocenters. The Morgan fingerprint density at radius 3 is 2.35 bits per heavy atom. The van der Waals surface area contributed by atoms with Crippen molar-refractivity contribution in [2.75, 3.05) is 5.73 Å². The van der Waals surface area contributed by atoms with Crippen LogP contribution in [0.25, 0.3) is 0 Å². The lowest BCUT2D eigenvalue weighted by molar-refractivity contribution is 0.397. The van der Waals surface area contributed by atoms with Crippen molar-refractivity contribution >= 4 is 5.69 Å². The highest BCUT2D eigenvalue weighted by molar-refractivity contribution is 5.41. The van der Waals surface area contributed by atoms with Crippen molar-refractivity contribution in [3.05, 3.63) is 59.9 Å². The molecule has 3 N–H and O–H groups in total. The number of benzene rings is 1. The third-order valence-electron chi connectivity index (χ3n) is 4.34. The number of pyridine rings is 1. The molecule has 3 heteroatoms. The summed E-state index contributed by atoms with van der Waals surface area (Å²) in [6, 6.07) is 12.8. The minimum Gasteiger partial charge on any atom is -0.399 e. The highest BCUT2D eigenvalue weighted by Crippen LogP contribution is 2.43. The second kappa shape index (κ2) is 4.91. The smallest absolute Gasteiger partial charge is 0.0331 e. The molecule has 1 aliphatic rings. The molecule has 0 unspecified atom stereocenters. The molecule has 0 spiro atoms. The third kappa shape index (κ3) is 2.41. The summed E-state index contributed by atoms with van der Waals surface area (Å²) < 4.78 is 0. The second-order valence-electron chi connectivity index (χ2n) is 6.15. The summed E-state index contributed by atoms with van der Waals surface area (Å²) in [6.07, 6.45) is 4.85. The van der Waals surface area contributed by atoms with Crippen molar-refractivity contribution in [3.8, 4) is 0 Å². The van der Waals surface area contributed by atoms with Crippen molar-refractivity contribution in [1.29, 1.82) is 0 Å². The van der Waals surface area contributed by atoms with E-state index in [1.54, 1.807) is 0 Å². The Bertz CT molecular complexity index is 575. The monoisotopic (exact) mass is 267 g/mol. The zero-order valence-electron chi connectivity index (χ0n) is 12.0. The Balaban J connectivity index is 1.87. The number of aromatic nitrogens is 1. The Labute approximate surface area is 120 Å². The van der Waals surface area contributed by atoms with Gasteiger partial charge in [-0.2, -0.15) is 0 Å². The second-order valence-corrected chi connectivity index (χ2v) is 6.15. The summed E-state index contributed by atoms with van der Waals surface area (Å²) in [4.78, 5) is 4.12. The summed E-state index contributed by atoms with van der Waals surface area (Å²) in [5.41, 5.74) is 9.33. The number of nitrogens with zero attached hydrogens (tertiary/aromatic N) is 1. The van der Waals surface area contributed by atoms with E-state index in [-0.39, 0.29) is 5.54 Å². The van der Waals surface area contributed by atoms with Gasteiger partial charge in [0.1, 0.15) is 0 Å². The average Bonchev–Trinajstić information content (AvgIpc) is 2.76. The molecule has 3 rings (SSSR count). The van der Waals surface area contributed by atoms with E-state index in [2.05, 4.69) is 48.4 Å². The van der Waals surface area contributed by atoms with Gasteiger partial charge in [0.2, 0.25) is 0 Å². The molecule has 1 saturated heterocycles. The molecule has 104 valence electrons. The van der Waals surface area contributed by atoms with Crippen LogP contribution in [0, 0.1) is 0 Å². The van der Waals surface area contributed by atoms with Gasteiger partial charge < -0.3 is 11.1 Å². The van der Waals surface area contributed by atoms with Crippen LogP contribution >= 0.6 is 0 Å². The standard InChI is InChI=1S/C17H21N3/c1-17(2)15(12-7-9-19-10-8-12)11-16(20-17)13-3-5-14(18)6-4-13/h3-10,15-16,20H,11,18H2,1-2H3/t15-,16-/m1/s1. The zero-order valence-corrected chi connectivity index (χ0v) is 12.0. The van der Waals surface area contributed by atoms with E-state index in [1.165, 1.54) is 11.1 Å². The van der Waals surface area contributed by atoms with Crippen LogP contribution in [0.4, 0.5) is 5.69 Å². The molecular weight excluding hydrogens is 246 g/mol. The maximum atomic E-state index is 5.77. The van der Waals surface area contributed by atoms with Crippen molar-refractivity contribution in [3.63, 3.8) is 0 Å². The molecule has 1 fully saturated rings. The van der Waals surface area contributed by atoms with E-state index in [1.807, 2.05) is 24.5 Å². The van der Waals surface area contributed by atoms with Crippen molar-refractivity contribution in [2.45, 2.75) is 37.8 Å². The Hall–Kier alpha value is -1.87. The molecular formula is C17H21N3. The van der Waals surface area contributed by atoms with Crippen molar-refractivity contribution < 1.29 is 0 Å². The molecule has 20 heavy (non-hydrogen) atoms. The first-order valence-electron chi connectivity index (χ1n) is 7.09. The number of hydrogen-bond acceptors (Lipinski definition) is 3. The van der Waals surface area contributed by atoms with Gasteiger partial charge in [-0.15, -0.1) is 0 Å². The number of nitrogens with one attached hydrogen (secondary N) is 1. The SMILES string of the molecule is CC1(C)N[C@@H](c2ccc(N)cc2)C[C@@H]1c1ccncc1. The van der Waals surface area contributed by atoms with Crippen LogP contribution in [0.15, 0.2) is 48.8 Å². The van der Waals surface area contributed by atoms with Crippen LogP contribution in [0.1, 0.15) is 43.4 Å². The van der Waals surface area contributed by atoms with Gasteiger partial charge in [-0.05, 0) is 55.7 Å². The summed E-state index contributed by atoms with van der Waals surface area (Å²) in [7, 11) is 0. The van der Waals surface area contributed by atoms with Gasteiger partial charge in [-0.3, -0.25) is 4.98 Å². The fraction of sp³-hybridized carbons (Fsp3) is 0.353. The van der Waals surface area contributed by atoms with Gasteiger partial charge in [0.15, 0.2) is 0 Å². The van der Waals surface area contributed by atoms with Crippen molar-refractivity contribution in [1.82, 2.24) is 10.3 Å². The number of anilines is 1. The Kier molecular flexibility index (Phi) is 3.22. The lowest BCUT2D eigenvalue weighted by Gasteiger charge is -2.27. The van der Waals surface area contributed by atoms with Crippen LogP contribution in [0.2, 0.25) is 0 Å². The van der Waals surface area contributed by atoms with Gasteiger partial charge in [0, 0.05) is 35.6 Å². The predicted octanol–water partition coefficient (Wildman–Crippen LogP) is 3.26. The largest absolute Gasteiger partial charge is 0.399 e. The lowest BCUT2D eigenvalue weighted by atomic mass is 9.83. The maximum Gasteiger partial charge on any atom is 0.0331 e. The van der Waals surface area contributed by atoms with Gasteiger partial charge in [0.05, 0.1) is 0 Å². The van der Waals surface area contributed by atoms with E-state index in [0.717, 1.165) is 12.1 Å². The van der Waals surface area contributed by atoms with E-state index in [4.69, 9.17) is 5.73 Å². The van der Waals surface area contributed by atoms with E-state index >= 15 is 0 Å².